The van der Waals surface area contributed by atoms with Crippen LogP contribution in [0.1, 0.15) is 23.7 Å². The molecule has 0 bridgehead atoms. The van der Waals surface area contributed by atoms with Gasteiger partial charge in [-0.25, -0.2) is 4.98 Å². The molecule has 0 unspecified atom stereocenters. The molecule has 2 aromatic rings. The monoisotopic (exact) mass is 201 g/mol. The van der Waals surface area contributed by atoms with Gasteiger partial charge in [0.2, 0.25) is 0 Å². The Morgan fingerprint density at radius 2 is 2.07 bits per heavy atom. The Morgan fingerprint density at radius 1 is 1.20 bits per heavy atom. The summed E-state index contributed by atoms with van der Waals surface area (Å²) in [6, 6.07) is 2.08. The zero-order valence-electron chi connectivity index (χ0n) is 9.14. The van der Waals surface area contributed by atoms with Crippen molar-refractivity contribution in [2.75, 3.05) is 0 Å². The summed E-state index contributed by atoms with van der Waals surface area (Å²) in [4.78, 5) is 8.26. The van der Waals surface area contributed by atoms with E-state index in [1.165, 1.54) is 16.8 Å². The average molecular weight is 201 g/mol. The highest BCUT2D eigenvalue weighted by molar-refractivity contribution is 5.23. The maximum absolute atomic E-state index is 4.14. The lowest BCUT2D eigenvalue weighted by atomic mass is 10.1. The molecule has 0 saturated heterocycles. The minimum Gasteiger partial charge on any atom is -0.330 e. The molecular formula is C12H15N3. The standard InChI is InChI=1S/C12H15N3/c1-3-11-7-13-5-4-12(11)8-15-9-14-6-10(15)2/h4-7,9H,3,8H2,1-2H3. The van der Waals surface area contributed by atoms with E-state index in [0.717, 1.165) is 13.0 Å². The molecule has 0 amide bonds. The van der Waals surface area contributed by atoms with Crippen molar-refractivity contribution in [1.29, 1.82) is 0 Å². The number of aromatic nitrogens is 3. The number of imidazole rings is 1. The summed E-state index contributed by atoms with van der Waals surface area (Å²) in [5.74, 6) is 0. The minimum absolute atomic E-state index is 0.886. The molecule has 0 saturated carbocycles. The summed E-state index contributed by atoms with van der Waals surface area (Å²) in [5, 5.41) is 0. The van der Waals surface area contributed by atoms with Crippen molar-refractivity contribution in [3.05, 3.63) is 47.8 Å². The van der Waals surface area contributed by atoms with Crippen LogP contribution in [-0.2, 0) is 13.0 Å². The molecule has 0 aliphatic rings. The van der Waals surface area contributed by atoms with Crippen LogP contribution in [0.2, 0.25) is 0 Å². The second kappa shape index (κ2) is 4.26. The molecule has 2 heterocycles. The Hall–Kier alpha value is -1.64. The van der Waals surface area contributed by atoms with Crippen molar-refractivity contribution in [3.63, 3.8) is 0 Å². The van der Waals surface area contributed by atoms with E-state index in [0.29, 0.717) is 0 Å². The first-order valence-corrected chi connectivity index (χ1v) is 5.19. The normalized spacial score (nSPS) is 10.5. The molecule has 0 N–H and O–H groups in total. The fraction of sp³-hybridized carbons (Fsp3) is 0.333. The van der Waals surface area contributed by atoms with Crippen LogP contribution in [0.3, 0.4) is 0 Å². The fourth-order valence-corrected chi connectivity index (χ4v) is 1.66. The van der Waals surface area contributed by atoms with Gasteiger partial charge in [0.25, 0.3) is 0 Å². The van der Waals surface area contributed by atoms with Crippen molar-refractivity contribution in [3.8, 4) is 0 Å². The Kier molecular flexibility index (Phi) is 2.81. The lowest BCUT2D eigenvalue weighted by Crippen LogP contribution is -2.03. The quantitative estimate of drug-likeness (QED) is 0.762. The zero-order valence-corrected chi connectivity index (χ0v) is 9.14. The van der Waals surface area contributed by atoms with Crippen LogP contribution in [0.5, 0.6) is 0 Å². The molecule has 3 heteroatoms. The van der Waals surface area contributed by atoms with Gasteiger partial charge in [0.15, 0.2) is 0 Å². The summed E-state index contributed by atoms with van der Waals surface area (Å²) >= 11 is 0. The summed E-state index contributed by atoms with van der Waals surface area (Å²) in [6.45, 7) is 5.11. The fourth-order valence-electron chi connectivity index (χ4n) is 1.66. The van der Waals surface area contributed by atoms with Gasteiger partial charge in [-0.1, -0.05) is 6.92 Å². The molecule has 0 fully saturated rings. The molecule has 0 atom stereocenters. The van der Waals surface area contributed by atoms with Crippen molar-refractivity contribution in [1.82, 2.24) is 14.5 Å². The number of aryl methyl sites for hydroxylation is 2. The third-order valence-electron chi connectivity index (χ3n) is 2.65. The smallest absolute Gasteiger partial charge is 0.0951 e. The lowest BCUT2D eigenvalue weighted by Gasteiger charge is -2.08. The van der Waals surface area contributed by atoms with E-state index in [1.54, 1.807) is 0 Å². The molecule has 3 nitrogen and oxygen atoms in total. The first-order valence-electron chi connectivity index (χ1n) is 5.19. The van der Waals surface area contributed by atoms with Crippen LogP contribution in [0.15, 0.2) is 31.0 Å². The third-order valence-corrected chi connectivity index (χ3v) is 2.65. The molecule has 0 aliphatic carbocycles. The highest BCUT2D eigenvalue weighted by atomic mass is 15.0. The summed E-state index contributed by atoms with van der Waals surface area (Å²) in [6.07, 6.45) is 8.57. The highest BCUT2D eigenvalue weighted by Gasteiger charge is 2.02. The average Bonchev–Trinajstić information content (AvgIpc) is 2.65. The molecule has 15 heavy (non-hydrogen) atoms. The van der Waals surface area contributed by atoms with E-state index < -0.39 is 0 Å². The van der Waals surface area contributed by atoms with Crippen LogP contribution in [0.4, 0.5) is 0 Å². The van der Waals surface area contributed by atoms with Gasteiger partial charge in [0, 0.05) is 30.8 Å². The lowest BCUT2D eigenvalue weighted by molar-refractivity contribution is 0.759. The molecule has 0 aliphatic heterocycles. The van der Waals surface area contributed by atoms with Gasteiger partial charge >= 0.3 is 0 Å². The van der Waals surface area contributed by atoms with Gasteiger partial charge < -0.3 is 4.57 Å². The second-order valence-electron chi connectivity index (χ2n) is 3.66. The van der Waals surface area contributed by atoms with Gasteiger partial charge in [0.05, 0.1) is 6.33 Å². The minimum atomic E-state index is 0.886. The van der Waals surface area contributed by atoms with E-state index in [9.17, 15) is 0 Å². The number of hydrogen-bond donors (Lipinski definition) is 0. The summed E-state index contributed by atoms with van der Waals surface area (Å²) in [5.41, 5.74) is 3.83. The number of hydrogen-bond acceptors (Lipinski definition) is 2. The predicted octanol–water partition coefficient (Wildman–Crippen LogP) is 2.20. The maximum atomic E-state index is 4.14. The molecule has 78 valence electrons. The first kappa shape index (κ1) is 9.90. The van der Waals surface area contributed by atoms with Crippen LogP contribution >= 0.6 is 0 Å². The van der Waals surface area contributed by atoms with Crippen LogP contribution in [0.25, 0.3) is 0 Å². The van der Waals surface area contributed by atoms with Crippen molar-refractivity contribution >= 4 is 0 Å². The van der Waals surface area contributed by atoms with Crippen molar-refractivity contribution in [2.45, 2.75) is 26.8 Å². The van der Waals surface area contributed by atoms with Crippen molar-refractivity contribution < 1.29 is 0 Å². The topological polar surface area (TPSA) is 30.7 Å². The second-order valence-corrected chi connectivity index (χ2v) is 3.66. The Balaban J connectivity index is 2.28. The molecular weight excluding hydrogens is 186 g/mol. The van der Waals surface area contributed by atoms with Crippen LogP contribution in [-0.4, -0.2) is 14.5 Å². The molecule has 2 rings (SSSR count). The Labute approximate surface area is 89.8 Å². The predicted molar refractivity (Wildman–Crippen MR) is 59.7 cm³/mol. The van der Waals surface area contributed by atoms with Crippen LogP contribution in [0, 0.1) is 6.92 Å². The van der Waals surface area contributed by atoms with Crippen LogP contribution < -0.4 is 0 Å². The number of pyridine rings is 1. The van der Waals surface area contributed by atoms with E-state index in [1.807, 2.05) is 24.9 Å². The summed E-state index contributed by atoms with van der Waals surface area (Å²) < 4.78 is 2.15. The number of rotatable bonds is 3. The molecule has 0 radical (unpaired) electrons. The van der Waals surface area contributed by atoms with Gasteiger partial charge in [-0.3, -0.25) is 4.98 Å². The van der Waals surface area contributed by atoms with Crippen molar-refractivity contribution in [2.24, 2.45) is 0 Å². The van der Waals surface area contributed by atoms with Gasteiger partial charge in [-0.05, 0) is 30.5 Å². The van der Waals surface area contributed by atoms with E-state index in [4.69, 9.17) is 0 Å². The largest absolute Gasteiger partial charge is 0.330 e. The van der Waals surface area contributed by atoms with Gasteiger partial charge in [0.1, 0.15) is 0 Å². The highest BCUT2D eigenvalue weighted by Crippen LogP contribution is 2.10. The van der Waals surface area contributed by atoms with E-state index >= 15 is 0 Å². The van der Waals surface area contributed by atoms with Gasteiger partial charge in [-0.2, -0.15) is 0 Å². The third kappa shape index (κ3) is 2.06. The number of nitrogens with zero attached hydrogens (tertiary/aromatic N) is 3. The van der Waals surface area contributed by atoms with E-state index in [2.05, 4.69) is 34.4 Å². The SMILES string of the molecule is CCc1cnccc1Cn1cncc1C. The molecule has 0 spiro atoms. The maximum Gasteiger partial charge on any atom is 0.0951 e. The first-order chi connectivity index (χ1) is 7.31. The molecule has 2 aromatic heterocycles. The molecule has 0 aromatic carbocycles. The Bertz CT molecular complexity index is 446. The summed E-state index contributed by atoms with van der Waals surface area (Å²) in [7, 11) is 0. The van der Waals surface area contributed by atoms with Gasteiger partial charge in [-0.15, -0.1) is 0 Å². The van der Waals surface area contributed by atoms with E-state index in [-0.39, 0.29) is 0 Å². The Morgan fingerprint density at radius 3 is 2.73 bits per heavy atom. The zero-order chi connectivity index (χ0) is 10.7.